The van der Waals surface area contributed by atoms with Crippen molar-refractivity contribution in [3.63, 3.8) is 0 Å². The van der Waals surface area contributed by atoms with Crippen molar-refractivity contribution in [2.24, 2.45) is 0 Å². The Hall–Kier alpha value is -3.59. The van der Waals surface area contributed by atoms with E-state index in [4.69, 9.17) is 16.0 Å². The van der Waals surface area contributed by atoms with Gasteiger partial charge in [0.1, 0.15) is 29.4 Å². The fourth-order valence-electron chi connectivity index (χ4n) is 3.83. The Labute approximate surface area is 189 Å². The Balaban J connectivity index is 1.47. The van der Waals surface area contributed by atoms with Crippen LogP contribution in [0.25, 0.3) is 0 Å². The molecule has 3 heterocycles. The summed E-state index contributed by atoms with van der Waals surface area (Å²) < 4.78 is 7.09. The van der Waals surface area contributed by atoms with Crippen LogP contribution in [0, 0.1) is 13.8 Å². The van der Waals surface area contributed by atoms with E-state index in [0.29, 0.717) is 34.5 Å². The summed E-state index contributed by atoms with van der Waals surface area (Å²) in [6.07, 6.45) is 1.54. The van der Waals surface area contributed by atoms with Gasteiger partial charge in [-0.25, -0.2) is 9.48 Å². The first kappa shape index (κ1) is 21.6. The smallest absolute Gasteiger partial charge is 0.325 e. The average Bonchev–Trinajstić information content (AvgIpc) is 3.37. The molecule has 9 nitrogen and oxygen atoms in total. The number of imide groups is 1. The molecule has 2 aromatic heterocycles. The standard InChI is InChI=1S/C22H22ClN5O4/c1-13-10-16(14(2)32-13)22(3)20(30)27(21(31)26-22)12-19(29)25-18-8-9-24-28(18)11-15-6-4-5-7-17(15)23/h4-10H,11-12H2,1-3H3,(H,25,29)(H,26,31). The third kappa shape index (κ3) is 3.87. The highest BCUT2D eigenvalue weighted by Gasteiger charge is 2.51. The topological polar surface area (TPSA) is 109 Å². The summed E-state index contributed by atoms with van der Waals surface area (Å²) in [5, 5.41) is 10.2. The van der Waals surface area contributed by atoms with Crippen molar-refractivity contribution in [2.45, 2.75) is 32.9 Å². The lowest BCUT2D eigenvalue weighted by Gasteiger charge is -2.21. The SMILES string of the molecule is Cc1cc(C2(C)NC(=O)N(CC(=O)Nc3ccnn3Cc3ccccc3Cl)C2=O)c(C)o1. The summed E-state index contributed by atoms with van der Waals surface area (Å²) in [7, 11) is 0. The number of anilines is 1. The first-order valence-corrected chi connectivity index (χ1v) is 10.3. The number of aromatic nitrogens is 2. The molecule has 0 aliphatic carbocycles. The monoisotopic (exact) mass is 455 g/mol. The Morgan fingerprint density at radius 2 is 2.00 bits per heavy atom. The Bertz CT molecular complexity index is 1220. The van der Waals surface area contributed by atoms with Crippen molar-refractivity contribution in [1.82, 2.24) is 20.0 Å². The number of amides is 4. The van der Waals surface area contributed by atoms with Crippen LogP contribution in [0.1, 0.15) is 29.6 Å². The van der Waals surface area contributed by atoms with E-state index in [2.05, 4.69) is 15.7 Å². The van der Waals surface area contributed by atoms with E-state index in [9.17, 15) is 14.4 Å². The number of benzene rings is 1. The van der Waals surface area contributed by atoms with Gasteiger partial charge in [0, 0.05) is 16.7 Å². The zero-order chi connectivity index (χ0) is 23.0. The van der Waals surface area contributed by atoms with Crippen LogP contribution in [0.2, 0.25) is 5.02 Å². The molecule has 0 spiro atoms. The third-order valence-electron chi connectivity index (χ3n) is 5.42. The lowest BCUT2D eigenvalue weighted by atomic mass is 9.92. The van der Waals surface area contributed by atoms with Gasteiger partial charge in [0.05, 0.1) is 12.7 Å². The summed E-state index contributed by atoms with van der Waals surface area (Å²) >= 11 is 6.21. The molecular formula is C22H22ClN5O4. The lowest BCUT2D eigenvalue weighted by molar-refractivity contribution is -0.133. The number of aryl methyl sites for hydroxylation is 2. The van der Waals surface area contributed by atoms with Gasteiger partial charge < -0.3 is 15.1 Å². The normalized spacial score (nSPS) is 18.2. The Morgan fingerprint density at radius 1 is 1.25 bits per heavy atom. The van der Waals surface area contributed by atoms with Crippen LogP contribution in [0.4, 0.5) is 10.6 Å². The number of furan rings is 1. The van der Waals surface area contributed by atoms with Crippen LogP contribution in [0.3, 0.4) is 0 Å². The van der Waals surface area contributed by atoms with Crippen molar-refractivity contribution < 1.29 is 18.8 Å². The van der Waals surface area contributed by atoms with E-state index in [-0.39, 0.29) is 0 Å². The minimum absolute atomic E-state index is 0.350. The lowest BCUT2D eigenvalue weighted by Crippen LogP contribution is -2.42. The molecule has 2 N–H and O–H groups in total. The summed E-state index contributed by atoms with van der Waals surface area (Å²) in [4.78, 5) is 39.2. The van der Waals surface area contributed by atoms with Crippen molar-refractivity contribution in [3.05, 3.63) is 70.3 Å². The van der Waals surface area contributed by atoms with E-state index in [1.54, 1.807) is 49.8 Å². The minimum atomic E-state index is -1.30. The predicted octanol–water partition coefficient (Wildman–Crippen LogP) is 3.20. The van der Waals surface area contributed by atoms with Crippen LogP contribution in [-0.4, -0.2) is 39.1 Å². The average molecular weight is 456 g/mol. The number of rotatable bonds is 6. The number of nitrogens with zero attached hydrogens (tertiary/aromatic N) is 3. The first-order chi connectivity index (χ1) is 15.2. The van der Waals surface area contributed by atoms with Gasteiger partial charge in [-0.2, -0.15) is 5.10 Å². The molecule has 4 rings (SSSR count). The van der Waals surface area contributed by atoms with Crippen LogP contribution in [0.5, 0.6) is 0 Å². The molecule has 1 aliphatic rings. The molecule has 1 fully saturated rings. The van der Waals surface area contributed by atoms with Crippen molar-refractivity contribution in [2.75, 3.05) is 11.9 Å². The molecule has 1 aliphatic heterocycles. The molecule has 0 saturated carbocycles. The fourth-order valence-corrected chi connectivity index (χ4v) is 4.02. The van der Waals surface area contributed by atoms with E-state index in [1.807, 2.05) is 18.2 Å². The molecule has 1 aromatic carbocycles. The van der Waals surface area contributed by atoms with E-state index in [0.717, 1.165) is 10.5 Å². The highest BCUT2D eigenvalue weighted by atomic mass is 35.5. The largest absolute Gasteiger partial charge is 0.466 e. The van der Waals surface area contributed by atoms with Crippen LogP contribution in [0.15, 0.2) is 47.0 Å². The minimum Gasteiger partial charge on any atom is -0.466 e. The molecule has 3 aromatic rings. The number of carbonyl (C=O) groups excluding carboxylic acids is 3. The predicted molar refractivity (Wildman–Crippen MR) is 117 cm³/mol. The molecule has 4 amide bonds. The highest BCUT2D eigenvalue weighted by molar-refractivity contribution is 6.31. The van der Waals surface area contributed by atoms with Crippen LogP contribution >= 0.6 is 11.6 Å². The molecule has 1 saturated heterocycles. The molecule has 1 atom stereocenters. The highest BCUT2D eigenvalue weighted by Crippen LogP contribution is 2.32. The molecule has 166 valence electrons. The van der Waals surface area contributed by atoms with Gasteiger partial charge in [-0.3, -0.25) is 14.5 Å². The molecule has 10 heteroatoms. The fraction of sp³-hybridized carbons (Fsp3) is 0.273. The Morgan fingerprint density at radius 3 is 2.69 bits per heavy atom. The second-order valence-corrected chi connectivity index (χ2v) is 8.19. The van der Waals surface area contributed by atoms with Gasteiger partial charge in [-0.15, -0.1) is 0 Å². The molecule has 0 radical (unpaired) electrons. The maximum absolute atomic E-state index is 13.1. The van der Waals surface area contributed by atoms with E-state index >= 15 is 0 Å². The number of carbonyl (C=O) groups is 3. The third-order valence-corrected chi connectivity index (χ3v) is 5.79. The van der Waals surface area contributed by atoms with Crippen molar-refractivity contribution in [3.8, 4) is 0 Å². The number of nitrogens with one attached hydrogen (secondary N) is 2. The quantitative estimate of drug-likeness (QED) is 0.555. The van der Waals surface area contributed by atoms with Crippen molar-refractivity contribution in [1.29, 1.82) is 0 Å². The van der Waals surface area contributed by atoms with E-state index < -0.39 is 29.9 Å². The second-order valence-electron chi connectivity index (χ2n) is 7.79. The van der Waals surface area contributed by atoms with Gasteiger partial charge >= 0.3 is 6.03 Å². The van der Waals surface area contributed by atoms with Gasteiger partial charge in [0.15, 0.2) is 0 Å². The number of urea groups is 1. The van der Waals surface area contributed by atoms with Crippen LogP contribution in [-0.2, 0) is 21.7 Å². The zero-order valence-electron chi connectivity index (χ0n) is 17.8. The number of hydrogen-bond acceptors (Lipinski definition) is 5. The molecule has 1 unspecified atom stereocenters. The summed E-state index contributed by atoms with van der Waals surface area (Å²) in [6, 6.07) is 10.0. The maximum Gasteiger partial charge on any atom is 0.325 e. The van der Waals surface area contributed by atoms with Crippen LogP contribution < -0.4 is 10.6 Å². The van der Waals surface area contributed by atoms with Gasteiger partial charge in [0.2, 0.25) is 5.91 Å². The summed E-state index contributed by atoms with van der Waals surface area (Å²) in [5.74, 6) is 0.535. The summed E-state index contributed by atoms with van der Waals surface area (Å²) in [5.41, 5.74) is 0.100. The molecule has 32 heavy (non-hydrogen) atoms. The zero-order valence-corrected chi connectivity index (χ0v) is 18.6. The van der Waals surface area contributed by atoms with Gasteiger partial charge in [-0.1, -0.05) is 29.8 Å². The maximum atomic E-state index is 13.1. The van der Waals surface area contributed by atoms with Crippen molar-refractivity contribution >= 4 is 35.3 Å². The molecule has 0 bridgehead atoms. The number of halogens is 1. The molecular weight excluding hydrogens is 434 g/mol. The second kappa shape index (κ2) is 8.16. The van der Waals surface area contributed by atoms with E-state index in [1.165, 1.54) is 0 Å². The first-order valence-electron chi connectivity index (χ1n) is 9.95. The Kier molecular flexibility index (Phi) is 5.52. The summed E-state index contributed by atoms with van der Waals surface area (Å²) in [6.45, 7) is 5.00. The van der Waals surface area contributed by atoms with Gasteiger partial charge in [0.25, 0.3) is 5.91 Å². The van der Waals surface area contributed by atoms with Gasteiger partial charge in [-0.05, 0) is 38.5 Å². The number of hydrogen-bond donors (Lipinski definition) is 2.